The van der Waals surface area contributed by atoms with Crippen LogP contribution >= 0.6 is 0 Å². The van der Waals surface area contributed by atoms with Gasteiger partial charge in [-0.05, 0) is 18.2 Å². The van der Waals surface area contributed by atoms with E-state index in [0.717, 1.165) is 0 Å². The van der Waals surface area contributed by atoms with E-state index in [9.17, 15) is 9.59 Å². The van der Waals surface area contributed by atoms with E-state index in [2.05, 4.69) is 15.8 Å². The Hall–Kier alpha value is -2.37. The second kappa shape index (κ2) is 4.01. The van der Waals surface area contributed by atoms with Crippen molar-refractivity contribution in [2.45, 2.75) is 6.42 Å². The number of nitrogen functional groups attached to an aromatic ring is 1. The van der Waals surface area contributed by atoms with Crippen LogP contribution in [0.4, 0.5) is 5.69 Å². The van der Waals surface area contributed by atoms with Gasteiger partial charge < -0.3 is 11.1 Å². The summed E-state index contributed by atoms with van der Waals surface area (Å²) in [5.41, 5.74) is 8.74. The van der Waals surface area contributed by atoms with Crippen LogP contribution < -0.4 is 16.5 Å². The zero-order chi connectivity index (χ0) is 11.5. The Morgan fingerprint density at radius 2 is 2.31 bits per heavy atom. The number of benzene rings is 1. The molecule has 4 N–H and O–H groups in total. The Kier molecular flexibility index (Phi) is 2.55. The molecule has 0 saturated heterocycles. The molecule has 0 unspecified atom stereocenters. The predicted octanol–water partition coefficient (Wildman–Crippen LogP) is -0.168. The zero-order valence-corrected chi connectivity index (χ0v) is 8.36. The second-order valence-electron chi connectivity index (χ2n) is 3.35. The average Bonchev–Trinajstić information content (AvgIpc) is 2.64. The average molecular weight is 218 g/mol. The topological polar surface area (TPSA) is 96.6 Å². The minimum Gasteiger partial charge on any atom is -0.399 e. The molecule has 0 aliphatic carbocycles. The number of amides is 2. The molecule has 0 atom stereocenters. The van der Waals surface area contributed by atoms with E-state index >= 15 is 0 Å². The van der Waals surface area contributed by atoms with Crippen LogP contribution in [0.1, 0.15) is 16.8 Å². The van der Waals surface area contributed by atoms with Crippen LogP contribution in [0.25, 0.3) is 0 Å². The Balaban J connectivity index is 2.06. The maximum atomic E-state index is 11.7. The highest BCUT2D eigenvalue weighted by molar-refractivity contribution is 6.13. The van der Waals surface area contributed by atoms with E-state index in [1.54, 1.807) is 24.3 Å². The van der Waals surface area contributed by atoms with Crippen LogP contribution in [0.15, 0.2) is 29.4 Å². The molecule has 0 fully saturated rings. The molecule has 0 spiro atoms. The lowest BCUT2D eigenvalue weighted by atomic mass is 10.2. The summed E-state index contributed by atoms with van der Waals surface area (Å²) in [6, 6.07) is 6.57. The Morgan fingerprint density at radius 1 is 1.50 bits per heavy atom. The van der Waals surface area contributed by atoms with Gasteiger partial charge in [0.25, 0.3) is 5.91 Å². The fraction of sp³-hybridized carbons (Fsp3) is 0.100. The molecule has 2 rings (SSSR count). The molecule has 0 saturated carbocycles. The highest BCUT2D eigenvalue weighted by Crippen LogP contribution is 2.06. The molecule has 82 valence electrons. The molecule has 16 heavy (non-hydrogen) atoms. The highest BCUT2D eigenvalue weighted by Gasteiger charge is 2.17. The Bertz CT molecular complexity index is 481. The number of carbonyl (C=O) groups is 2. The van der Waals surface area contributed by atoms with Gasteiger partial charge >= 0.3 is 0 Å². The number of nitrogens with two attached hydrogens (primary N) is 1. The van der Waals surface area contributed by atoms with Crippen molar-refractivity contribution in [2.75, 3.05) is 5.73 Å². The van der Waals surface area contributed by atoms with Crippen molar-refractivity contribution in [1.29, 1.82) is 0 Å². The second-order valence-corrected chi connectivity index (χ2v) is 3.35. The third-order valence-electron chi connectivity index (χ3n) is 2.05. The van der Waals surface area contributed by atoms with Gasteiger partial charge in [0.2, 0.25) is 5.91 Å². The van der Waals surface area contributed by atoms with Gasteiger partial charge in [-0.3, -0.25) is 9.59 Å². The number of hydrazone groups is 1. The molecule has 6 heteroatoms. The molecule has 1 aliphatic heterocycles. The van der Waals surface area contributed by atoms with Crippen LogP contribution in [-0.2, 0) is 4.79 Å². The molecule has 1 aliphatic rings. The molecule has 2 amide bonds. The molecule has 0 radical (unpaired) electrons. The summed E-state index contributed by atoms with van der Waals surface area (Å²) in [6.45, 7) is 0. The minimum atomic E-state index is -0.331. The first kappa shape index (κ1) is 10.2. The predicted molar refractivity (Wildman–Crippen MR) is 58.5 cm³/mol. The maximum Gasteiger partial charge on any atom is 0.256 e. The van der Waals surface area contributed by atoms with Crippen LogP contribution in [0.3, 0.4) is 0 Å². The van der Waals surface area contributed by atoms with Crippen molar-refractivity contribution in [1.82, 2.24) is 10.7 Å². The summed E-state index contributed by atoms with van der Waals surface area (Å²) >= 11 is 0. The lowest BCUT2D eigenvalue weighted by Crippen LogP contribution is -2.29. The summed E-state index contributed by atoms with van der Waals surface area (Å²) in [5.74, 6) is -0.247. The van der Waals surface area contributed by atoms with Crippen molar-refractivity contribution < 1.29 is 9.59 Å². The molecule has 1 aromatic rings. The first-order chi connectivity index (χ1) is 7.65. The fourth-order valence-corrected chi connectivity index (χ4v) is 1.32. The smallest absolute Gasteiger partial charge is 0.256 e. The van der Waals surface area contributed by atoms with Gasteiger partial charge in [-0.2, -0.15) is 5.10 Å². The molecule has 1 heterocycles. The molecule has 1 aromatic carbocycles. The van der Waals surface area contributed by atoms with Crippen molar-refractivity contribution >= 4 is 23.3 Å². The first-order valence-electron chi connectivity index (χ1n) is 4.67. The molecular weight excluding hydrogens is 208 g/mol. The zero-order valence-electron chi connectivity index (χ0n) is 8.36. The number of carbonyl (C=O) groups excluding carboxylic acids is 2. The van der Waals surface area contributed by atoms with Gasteiger partial charge in [-0.15, -0.1) is 0 Å². The number of amidine groups is 1. The van der Waals surface area contributed by atoms with Gasteiger partial charge in [-0.1, -0.05) is 6.07 Å². The quantitative estimate of drug-likeness (QED) is 0.571. The van der Waals surface area contributed by atoms with E-state index in [1.807, 2.05) is 0 Å². The number of anilines is 1. The number of hydrogen-bond donors (Lipinski definition) is 3. The van der Waals surface area contributed by atoms with E-state index < -0.39 is 0 Å². The highest BCUT2D eigenvalue weighted by atomic mass is 16.2. The third-order valence-corrected chi connectivity index (χ3v) is 2.05. The summed E-state index contributed by atoms with van der Waals surface area (Å²) in [7, 11) is 0. The molecule has 0 bridgehead atoms. The number of nitrogens with one attached hydrogen (secondary N) is 2. The lowest BCUT2D eigenvalue weighted by molar-refractivity contribution is -0.119. The van der Waals surface area contributed by atoms with Crippen LogP contribution in [0.2, 0.25) is 0 Å². The summed E-state index contributed by atoms with van der Waals surface area (Å²) < 4.78 is 0. The van der Waals surface area contributed by atoms with Crippen LogP contribution in [0.5, 0.6) is 0 Å². The minimum absolute atomic E-state index is 0.0913. The maximum absolute atomic E-state index is 11.7. The number of hydrogen-bond acceptors (Lipinski definition) is 4. The normalized spacial score (nSPS) is 14.2. The summed E-state index contributed by atoms with van der Waals surface area (Å²) in [4.78, 5) is 22.5. The lowest BCUT2D eigenvalue weighted by Gasteiger charge is -2.03. The fourth-order valence-electron chi connectivity index (χ4n) is 1.32. The first-order valence-corrected chi connectivity index (χ1v) is 4.67. The largest absolute Gasteiger partial charge is 0.399 e. The third kappa shape index (κ3) is 2.17. The Morgan fingerprint density at radius 3 is 2.94 bits per heavy atom. The van der Waals surface area contributed by atoms with Crippen molar-refractivity contribution in [3.05, 3.63) is 29.8 Å². The van der Waals surface area contributed by atoms with E-state index in [0.29, 0.717) is 17.1 Å². The number of rotatable bonds is 1. The molecule has 6 nitrogen and oxygen atoms in total. The monoisotopic (exact) mass is 218 g/mol. The summed E-state index contributed by atoms with van der Waals surface area (Å²) in [6.07, 6.45) is 0.0913. The van der Waals surface area contributed by atoms with Gasteiger partial charge in [-0.25, -0.2) is 5.43 Å². The van der Waals surface area contributed by atoms with E-state index in [-0.39, 0.29) is 18.2 Å². The molecular formula is C10H10N4O2. The van der Waals surface area contributed by atoms with Gasteiger partial charge in [0.1, 0.15) is 5.84 Å². The standard InChI is InChI=1S/C10H10N4O2/c11-7-3-1-2-6(4-7)10(16)12-8-5-9(15)14-13-8/h1-4H,5,11H2,(H,14,15)(H,12,13,16). The Labute approximate surface area is 91.5 Å². The summed E-state index contributed by atoms with van der Waals surface area (Å²) in [5, 5.41) is 6.18. The van der Waals surface area contributed by atoms with Gasteiger partial charge in [0.15, 0.2) is 0 Å². The van der Waals surface area contributed by atoms with Gasteiger partial charge in [0.05, 0.1) is 6.42 Å². The van der Waals surface area contributed by atoms with Crippen molar-refractivity contribution in [3.8, 4) is 0 Å². The van der Waals surface area contributed by atoms with Crippen LogP contribution in [0, 0.1) is 0 Å². The van der Waals surface area contributed by atoms with Crippen LogP contribution in [-0.4, -0.2) is 17.6 Å². The number of nitrogens with zero attached hydrogens (tertiary/aromatic N) is 1. The molecule has 0 aromatic heterocycles. The SMILES string of the molecule is Nc1cccc(C(=O)NC2=NNC(=O)C2)c1. The van der Waals surface area contributed by atoms with Crippen molar-refractivity contribution in [3.63, 3.8) is 0 Å². The van der Waals surface area contributed by atoms with E-state index in [4.69, 9.17) is 5.73 Å². The van der Waals surface area contributed by atoms with E-state index in [1.165, 1.54) is 0 Å². The van der Waals surface area contributed by atoms with Gasteiger partial charge in [0, 0.05) is 11.3 Å². The van der Waals surface area contributed by atoms with Crippen molar-refractivity contribution in [2.24, 2.45) is 5.10 Å².